The van der Waals surface area contributed by atoms with Crippen LogP contribution in [-0.4, -0.2) is 57.7 Å². The average Bonchev–Trinajstić information content (AvgIpc) is 3.36. The predicted octanol–water partition coefficient (Wildman–Crippen LogP) is 2.30. The van der Waals surface area contributed by atoms with Gasteiger partial charge in [0.05, 0.1) is 18.6 Å². The van der Waals surface area contributed by atoms with E-state index in [0.29, 0.717) is 42.2 Å². The molecular weight excluding hydrogens is 440 g/mol. The van der Waals surface area contributed by atoms with E-state index in [1.54, 1.807) is 12.3 Å². The van der Waals surface area contributed by atoms with Gasteiger partial charge in [-0.1, -0.05) is 0 Å². The van der Waals surface area contributed by atoms with Crippen LogP contribution in [0.25, 0.3) is 15.9 Å². The summed E-state index contributed by atoms with van der Waals surface area (Å²) in [4.78, 5) is 39.6. The second kappa shape index (κ2) is 8.60. The molecule has 0 atom stereocenters. The number of ether oxygens (including phenoxy) is 1. The molecule has 1 fully saturated rings. The van der Waals surface area contributed by atoms with Gasteiger partial charge in [-0.3, -0.25) is 14.0 Å². The SMILES string of the molecule is Cc1sc2c(C(=O)NCCn3ccnc3C)c(=O)c3ccc(N4CCOCC4)nc3n2c1C. The lowest BCUT2D eigenvalue weighted by Gasteiger charge is -2.28. The maximum atomic E-state index is 13.5. The summed E-state index contributed by atoms with van der Waals surface area (Å²) in [5, 5.41) is 3.36. The first kappa shape index (κ1) is 21.6. The topological polar surface area (TPSA) is 93.8 Å². The van der Waals surface area contributed by atoms with Crippen molar-refractivity contribution >= 4 is 38.9 Å². The number of fused-ring (bicyclic) bond motifs is 3. The van der Waals surface area contributed by atoms with Gasteiger partial charge >= 0.3 is 0 Å². The van der Waals surface area contributed by atoms with Crippen LogP contribution in [0.5, 0.6) is 0 Å². The molecule has 172 valence electrons. The molecule has 0 bridgehead atoms. The molecule has 0 radical (unpaired) electrons. The van der Waals surface area contributed by atoms with E-state index in [1.807, 2.05) is 42.0 Å². The van der Waals surface area contributed by atoms with Gasteiger partial charge in [-0.2, -0.15) is 0 Å². The smallest absolute Gasteiger partial charge is 0.258 e. The molecule has 1 aliphatic heterocycles. The Labute approximate surface area is 194 Å². The van der Waals surface area contributed by atoms with Gasteiger partial charge in [0.2, 0.25) is 5.43 Å². The number of imidazole rings is 1. The Bertz CT molecular complexity index is 1410. The van der Waals surface area contributed by atoms with Crippen molar-refractivity contribution in [1.82, 2.24) is 24.3 Å². The minimum Gasteiger partial charge on any atom is -0.378 e. The van der Waals surface area contributed by atoms with Crippen molar-refractivity contribution < 1.29 is 9.53 Å². The number of anilines is 1. The number of rotatable bonds is 5. The van der Waals surface area contributed by atoms with Crippen LogP contribution in [0, 0.1) is 20.8 Å². The number of amides is 1. The van der Waals surface area contributed by atoms with Crippen LogP contribution in [0.4, 0.5) is 5.82 Å². The molecule has 4 aromatic rings. The number of nitrogens with zero attached hydrogens (tertiary/aromatic N) is 5. The van der Waals surface area contributed by atoms with Crippen LogP contribution in [0.2, 0.25) is 0 Å². The highest BCUT2D eigenvalue weighted by atomic mass is 32.1. The summed E-state index contributed by atoms with van der Waals surface area (Å²) < 4.78 is 9.36. The Balaban J connectivity index is 1.56. The molecule has 1 saturated heterocycles. The van der Waals surface area contributed by atoms with Gasteiger partial charge in [0.1, 0.15) is 22.0 Å². The molecule has 0 saturated carbocycles. The molecule has 0 aliphatic carbocycles. The summed E-state index contributed by atoms with van der Waals surface area (Å²) in [5.74, 6) is 1.33. The van der Waals surface area contributed by atoms with E-state index >= 15 is 0 Å². The monoisotopic (exact) mass is 466 g/mol. The molecule has 0 unspecified atom stereocenters. The zero-order valence-corrected chi connectivity index (χ0v) is 19.7. The van der Waals surface area contributed by atoms with Crippen LogP contribution in [0.1, 0.15) is 26.8 Å². The Morgan fingerprint density at radius 2 is 2.00 bits per heavy atom. The number of carbonyl (C=O) groups excluding carboxylic acids is 1. The van der Waals surface area contributed by atoms with Crippen molar-refractivity contribution in [2.75, 3.05) is 37.7 Å². The van der Waals surface area contributed by atoms with E-state index in [9.17, 15) is 9.59 Å². The molecule has 10 heteroatoms. The van der Waals surface area contributed by atoms with E-state index in [4.69, 9.17) is 9.72 Å². The first-order valence-corrected chi connectivity index (χ1v) is 11.8. The minimum atomic E-state index is -0.365. The van der Waals surface area contributed by atoms with Crippen LogP contribution >= 0.6 is 11.3 Å². The van der Waals surface area contributed by atoms with Crippen molar-refractivity contribution in [2.24, 2.45) is 0 Å². The van der Waals surface area contributed by atoms with Gasteiger partial charge in [0, 0.05) is 49.1 Å². The Morgan fingerprint density at radius 1 is 1.21 bits per heavy atom. The summed E-state index contributed by atoms with van der Waals surface area (Å²) >= 11 is 1.45. The van der Waals surface area contributed by atoms with E-state index in [-0.39, 0.29) is 16.9 Å². The summed E-state index contributed by atoms with van der Waals surface area (Å²) in [6, 6.07) is 3.65. The third kappa shape index (κ3) is 3.79. The van der Waals surface area contributed by atoms with Crippen molar-refractivity contribution in [3.63, 3.8) is 0 Å². The van der Waals surface area contributed by atoms with Crippen LogP contribution in [-0.2, 0) is 11.3 Å². The highest BCUT2D eigenvalue weighted by Crippen LogP contribution is 2.28. The summed E-state index contributed by atoms with van der Waals surface area (Å²) in [6.07, 6.45) is 3.60. The highest BCUT2D eigenvalue weighted by molar-refractivity contribution is 7.18. The Kier molecular flexibility index (Phi) is 5.63. The number of aryl methyl sites for hydroxylation is 3. The third-order valence-electron chi connectivity index (χ3n) is 6.18. The number of hydrogen-bond donors (Lipinski definition) is 1. The fraction of sp³-hybridized carbons (Fsp3) is 0.391. The van der Waals surface area contributed by atoms with Crippen molar-refractivity contribution in [3.05, 3.63) is 56.7 Å². The molecular formula is C23H26N6O3S. The maximum absolute atomic E-state index is 13.5. The quantitative estimate of drug-likeness (QED) is 0.485. The summed E-state index contributed by atoms with van der Waals surface area (Å²) in [5.41, 5.74) is 1.46. The van der Waals surface area contributed by atoms with E-state index in [2.05, 4.69) is 15.2 Å². The first-order valence-electron chi connectivity index (χ1n) is 11.0. The zero-order valence-electron chi connectivity index (χ0n) is 18.9. The van der Waals surface area contributed by atoms with Crippen LogP contribution in [0.3, 0.4) is 0 Å². The molecule has 33 heavy (non-hydrogen) atoms. The molecule has 1 N–H and O–H groups in total. The van der Waals surface area contributed by atoms with Gasteiger partial charge in [-0.15, -0.1) is 11.3 Å². The van der Waals surface area contributed by atoms with Gasteiger partial charge in [-0.05, 0) is 32.9 Å². The lowest BCUT2D eigenvalue weighted by molar-refractivity contribution is 0.0953. The fourth-order valence-corrected chi connectivity index (χ4v) is 5.33. The molecule has 5 heterocycles. The largest absolute Gasteiger partial charge is 0.378 e. The molecule has 9 nitrogen and oxygen atoms in total. The maximum Gasteiger partial charge on any atom is 0.258 e. The van der Waals surface area contributed by atoms with Crippen LogP contribution < -0.4 is 15.6 Å². The van der Waals surface area contributed by atoms with Crippen molar-refractivity contribution in [3.8, 4) is 0 Å². The molecule has 4 aromatic heterocycles. The van der Waals surface area contributed by atoms with E-state index in [1.165, 1.54) is 11.3 Å². The zero-order chi connectivity index (χ0) is 23.1. The molecule has 0 spiro atoms. The number of pyridine rings is 2. The first-order chi connectivity index (χ1) is 16.0. The number of morpholine rings is 1. The number of thiazole rings is 1. The minimum absolute atomic E-state index is 0.173. The number of carbonyl (C=O) groups is 1. The third-order valence-corrected chi connectivity index (χ3v) is 7.36. The lowest BCUT2D eigenvalue weighted by atomic mass is 10.1. The summed E-state index contributed by atoms with van der Waals surface area (Å²) in [7, 11) is 0. The molecule has 0 aromatic carbocycles. The summed E-state index contributed by atoms with van der Waals surface area (Å²) in [6.45, 7) is 9.72. The van der Waals surface area contributed by atoms with Crippen LogP contribution in [0.15, 0.2) is 29.3 Å². The lowest BCUT2D eigenvalue weighted by Crippen LogP contribution is -2.37. The van der Waals surface area contributed by atoms with Gasteiger partial charge < -0.3 is 19.5 Å². The standard InChI is InChI=1S/C23H26N6O3S/c1-14-15(2)33-23-19(22(31)25-7-9-27-8-6-24-16(27)3)20(30)17-4-5-18(26-21(17)29(14)23)28-10-12-32-13-11-28/h4-6,8H,7,9-13H2,1-3H3,(H,25,31). The Hall–Kier alpha value is -3.24. The normalized spacial score (nSPS) is 14.3. The fourth-order valence-electron chi connectivity index (χ4n) is 4.20. The van der Waals surface area contributed by atoms with Gasteiger partial charge in [0.25, 0.3) is 5.91 Å². The molecule has 1 aliphatic rings. The van der Waals surface area contributed by atoms with E-state index < -0.39 is 0 Å². The number of aromatic nitrogens is 4. The number of nitrogens with one attached hydrogen (secondary N) is 1. The second-order valence-electron chi connectivity index (χ2n) is 8.15. The van der Waals surface area contributed by atoms with Crippen molar-refractivity contribution in [2.45, 2.75) is 27.3 Å². The van der Waals surface area contributed by atoms with Gasteiger partial charge in [-0.25, -0.2) is 9.97 Å². The highest BCUT2D eigenvalue weighted by Gasteiger charge is 2.23. The molecule has 1 amide bonds. The van der Waals surface area contributed by atoms with Gasteiger partial charge in [0.15, 0.2) is 5.65 Å². The van der Waals surface area contributed by atoms with E-state index in [0.717, 1.165) is 35.3 Å². The predicted molar refractivity (Wildman–Crippen MR) is 129 cm³/mol. The Morgan fingerprint density at radius 3 is 2.73 bits per heavy atom. The number of hydrogen-bond acceptors (Lipinski definition) is 7. The van der Waals surface area contributed by atoms with Crippen molar-refractivity contribution in [1.29, 1.82) is 0 Å². The molecule has 5 rings (SSSR count). The second-order valence-corrected chi connectivity index (χ2v) is 9.36. The average molecular weight is 467 g/mol.